The predicted octanol–water partition coefficient (Wildman–Crippen LogP) is 1.65. The molecule has 0 aromatic carbocycles. The van der Waals surface area contributed by atoms with Gasteiger partial charge in [0.25, 0.3) is 0 Å². The fraction of sp³-hybridized carbons (Fsp3) is 0.643. The highest BCUT2D eigenvalue weighted by Gasteiger charge is 2.53. The van der Waals surface area contributed by atoms with Crippen molar-refractivity contribution in [1.29, 1.82) is 0 Å². The summed E-state index contributed by atoms with van der Waals surface area (Å²) in [5, 5.41) is 1.13. The van der Waals surface area contributed by atoms with Crippen LogP contribution in [0, 0.1) is 18.8 Å². The molecule has 0 radical (unpaired) electrons. The third-order valence-corrected chi connectivity index (χ3v) is 7.24. The Morgan fingerprint density at radius 2 is 2.04 bits per heavy atom. The number of amides is 2. The second kappa shape index (κ2) is 6.36. The highest BCUT2D eigenvalue weighted by atomic mass is 35.5. The second-order valence-corrected chi connectivity index (χ2v) is 8.56. The standard InChI is InChI=1S/C14H19ClN4O4S/c1-7-5-10(23-2)17-13(16-7)18-14(20)19-24(21,22)12-9-4-3-8(6-9)11(12)15/h5,8-9,11-12H,3-4,6H2,1-2H3,(H2,16,17,18,19,20). The van der Waals surface area contributed by atoms with Gasteiger partial charge in [-0.2, -0.15) is 4.98 Å². The van der Waals surface area contributed by atoms with Crippen LogP contribution in [-0.4, -0.2) is 42.2 Å². The van der Waals surface area contributed by atoms with Crippen molar-refractivity contribution in [3.63, 3.8) is 0 Å². The van der Waals surface area contributed by atoms with Gasteiger partial charge in [0.1, 0.15) is 0 Å². The van der Waals surface area contributed by atoms with Gasteiger partial charge in [-0.1, -0.05) is 0 Å². The molecular formula is C14H19ClN4O4S. The molecule has 0 aliphatic heterocycles. The lowest BCUT2D eigenvalue weighted by Crippen LogP contribution is -2.46. The minimum Gasteiger partial charge on any atom is -0.481 e. The number of nitrogens with one attached hydrogen (secondary N) is 2. The minimum atomic E-state index is -3.87. The first-order valence-corrected chi connectivity index (χ1v) is 9.65. The Morgan fingerprint density at radius 3 is 2.67 bits per heavy atom. The van der Waals surface area contributed by atoms with Crippen molar-refractivity contribution < 1.29 is 17.9 Å². The molecule has 1 aromatic rings. The van der Waals surface area contributed by atoms with Gasteiger partial charge in [0.05, 0.1) is 17.7 Å². The molecule has 4 unspecified atom stereocenters. The van der Waals surface area contributed by atoms with Crippen LogP contribution in [0.25, 0.3) is 0 Å². The average molecular weight is 375 g/mol. The molecule has 2 aliphatic rings. The summed E-state index contributed by atoms with van der Waals surface area (Å²) in [6, 6.07) is 0.682. The fourth-order valence-electron chi connectivity index (χ4n) is 3.62. The van der Waals surface area contributed by atoms with Gasteiger partial charge in [0.2, 0.25) is 21.9 Å². The first kappa shape index (κ1) is 17.2. The lowest BCUT2D eigenvalue weighted by molar-refractivity contribution is 0.256. The van der Waals surface area contributed by atoms with Gasteiger partial charge >= 0.3 is 6.03 Å². The van der Waals surface area contributed by atoms with E-state index in [-0.39, 0.29) is 23.7 Å². The lowest BCUT2D eigenvalue weighted by atomic mass is 10.00. The Morgan fingerprint density at radius 1 is 1.33 bits per heavy atom. The van der Waals surface area contributed by atoms with E-state index in [0.717, 1.165) is 19.3 Å². The number of rotatable bonds is 4. The molecule has 132 valence electrons. The van der Waals surface area contributed by atoms with Gasteiger partial charge in [0, 0.05) is 11.8 Å². The van der Waals surface area contributed by atoms with E-state index in [9.17, 15) is 13.2 Å². The molecule has 0 spiro atoms. The fourth-order valence-corrected chi connectivity index (χ4v) is 6.22. The molecule has 0 saturated heterocycles. The highest BCUT2D eigenvalue weighted by Crippen LogP contribution is 2.49. The summed E-state index contributed by atoms with van der Waals surface area (Å²) >= 11 is 6.27. The third-order valence-electron chi connectivity index (χ3n) is 4.60. The molecule has 24 heavy (non-hydrogen) atoms. The van der Waals surface area contributed by atoms with Crippen LogP contribution in [0.1, 0.15) is 25.0 Å². The van der Waals surface area contributed by atoms with Gasteiger partial charge in [0.15, 0.2) is 0 Å². The van der Waals surface area contributed by atoms with Crippen LogP contribution in [0.3, 0.4) is 0 Å². The number of methoxy groups -OCH3 is 1. The van der Waals surface area contributed by atoms with Gasteiger partial charge in [-0.15, -0.1) is 11.6 Å². The molecule has 8 nitrogen and oxygen atoms in total. The Labute approximate surface area is 145 Å². The number of nitrogens with zero attached hydrogens (tertiary/aromatic N) is 2. The monoisotopic (exact) mass is 374 g/mol. The Hall–Kier alpha value is -1.61. The van der Waals surface area contributed by atoms with Crippen LogP contribution in [0.15, 0.2) is 6.07 Å². The molecule has 2 N–H and O–H groups in total. The summed E-state index contributed by atoms with van der Waals surface area (Å²) in [6.45, 7) is 1.71. The van der Waals surface area contributed by atoms with E-state index in [2.05, 4.69) is 15.3 Å². The number of urea groups is 1. The van der Waals surface area contributed by atoms with E-state index >= 15 is 0 Å². The molecule has 4 atom stereocenters. The van der Waals surface area contributed by atoms with Crippen molar-refractivity contribution in [2.24, 2.45) is 11.8 Å². The van der Waals surface area contributed by atoms with Crippen molar-refractivity contribution in [3.8, 4) is 5.88 Å². The predicted molar refractivity (Wildman–Crippen MR) is 88.7 cm³/mol. The van der Waals surface area contributed by atoms with Crippen molar-refractivity contribution in [1.82, 2.24) is 14.7 Å². The van der Waals surface area contributed by atoms with Crippen molar-refractivity contribution in [3.05, 3.63) is 11.8 Å². The molecule has 2 amide bonds. The SMILES string of the molecule is COc1cc(C)nc(NC(=O)NS(=O)(=O)C2C3CCC(C3)C2Cl)n1. The molecule has 3 rings (SSSR count). The molecule has 10 heteroatoms. The smallest absolute Gasteiger partial charge is 0.335 e. The van der Waals surface area contributed by atoms with E-state index < -0.39 is 26.7 Å². The third kappa shape index (κ3) is 3.27. The van der Waals surface area contributed by atoms with Crippen LogP contribution in [0.5, 0.6) is 5.88 Å². The van der Waals surface area contributed by atoms with Crippen LogP contribution < -0.4 is 14.8 Å². The summed E-state index contributed by atoms with van der Waals surface area (Å²) < 4.78 is 32.0. The number of hydrogen-bond acceptors (Lipinski definition) is 6. The number of fused-ring (bicyclic) bond motifs is 2. The summed E-state index contributed by atoms with van der Waals surface area (Å²) in [4.78, 5) is 20.0. The summed E-state index contributed by atoms with van der Waals surface area (Å²) in [5.74, 6) is 0.466. The Balaban J connectivity index is 1.69. The molecule has 1 aromatic heterocycles. The maximum Gasteiger partial charge on any atom is 0.335 e. The van der Waals surface area contributed by atoms with Crippen LogP contribution in [0.2, 0.25) is 0 Å². The van der Waals surface area contributed by atoms with Crippen LogP contribution >= 0.6 is 11.6 Å². The maximum atomic E-state index is 12.5. The highest BCUT2D eigenvalue weighted by molar-refractivity contribution is 7.90. The zero-order chi connectivity index (χ0) is 17.5. The first-order valence-electron chi connectivity index (χ1n) is 7.66. The van der Waals surface area contributed by atoms with Crippen molar-refractivity contribution >= 4 is 33.6 Å². The van der Waals surface area contributed by atoms with Gasteiger partial charge in [-0.05, 0) is 38.0 Å². The number of aromatic nitrogens is 2. The quantitative estimate of drug-likeness (QED) is 0.775. The van der Waals surface area contributed by atoms with Crippen molar-refractivity contribution in [2.45, 2.75) is 36.8 Å². The van der Waals surface area contributed by atoms with E-state index in [1.54, 1.807) is 13.0 Å². The summed E-state index contributed by atoms with van der Waals surface area (Å²) in [5.41, 5.74) is 0.578. The second-order valence-electron chi connectivity index (χ2n) is 6.22. The number of hydrogen-bond donors (Lipinski definition) is 2. The minimum absolute atomic E-state index is 0.0121. The lowest BCUT2D eigenvalue weighted by Gasteiger charge is -2.26. The summed E-state index contributed by atoms with van der Waals surface area (Å²) in [7, 11) is -2.43. The number of halogens is 1. The largest absolute Gasteiger partial charge is 0.481 e. The topological polar surface area (TPSA) is 110 Å². The molecule has 2 saturated carbocycles. The average Bonchev–Trinajstić information content (AvgIpc) is 3.06. The van der Waals surface area contributed by atoms with Gasteiger partial charge < -0.3 is 4.74 Å². The number of carbonyl (C=O) groups excluding carboxylic acids is 1. The number of aryl methyl sites for hydroxylation is 1. The van der Waals surface area contributed by atoms with Gasteiger partial charge in [-0.3, -0.25) is 5.32 Å². The first-order chi connectivity index (χ1) is 11.3. The van der Waals surface area contributed by atoms with E-state index in [1.165, 1.54) is 7.11 Å². The molecule has 2 fully saturated rings. The van der Waals surface area contributed by atoms with Gasteiger partial charge in [-0.25, -0.2) is 22.9 Å². The Bertz CT molecular complexity index is 755. The number of ether oxygens (including phenoxy) is 1. The zero-order valence-corrected chi connectivity index (χ0v) is 14.9. The van der Waals surface area contributed by atoms with E-state index in [1.807, 2.05) is 4.72 Å². The Kier molecular flexibility index (Phi) is 4.56. The number of anilines is 1. The summed E-state index contributed by atoms with van der Waals surface area (Å²) in [6.07, 6.45) is 2.59. The maximum absolute atomic E-state index is 12.5. The number of carbonyl (C=O) groups is 1. The number of alkyl halides is 1. The normalized spacial score (nSPS) is 28.6. The molecular weight excluding hydrogens is 356 g/mol. The van der Waals surface area contributed by atoms with Crippen LogP contribution in [-0.2, 0) is 10.0 Å². The molecule has 2 aliphatic carbocycles. The van der Waals surface area contributed by atoms with E-state index in [0.29, 0.717) is 5.69 Å². The van der Waals surface area contributed by atoms with Crippen molar-refractivity contribution in [2.75, 3.05) is 12.4 Å². The molecule has 2 bridgehead atoms. The molecule has 1 heterocycles. The number of sulfonamides is 1. The zero-order valence-electron chi connectivity index (χ0n) is 13.3. The van der Waals surface area contributed by atoms with E-state index in [4.69, 9.17) is 16.3 Å². The van der Waals surface area contributed by atoms with Crippen LogP contribution in [0.4, 0.5) is 10.7 Å².